The van der Waals surface area contributed by atoms with Gasteiger partial charge in [-0.1, -0.05) is 0 Å². The number of rotatable bonds is 7. The van der Waals surface area contributed by atoms with Crippen molar-refractivity contribution in [3.8, 4) is 0 Å². The molecule has 2 N–H and O–H groups in total. The second-order valence-electron chi connectivity index (χ2n) is 5.26. The van der Waals surface area contributed by atoms with Gasteiger partial charge < -0.3 is 20.1 Å². The number of halogens is 1. The predicted molar refractivity (Wildman–Crippen MR) is 91.9 cm³/mol. The lowest BCUT2D eigenvalue weighted by Gasteiger charge is -2.22. The fraction of sp³-hybridized carbons (Fsp3) is 0.929. The van der Waals surface area contributed by atoms with Gasteiger partial charge in [-0.2, -0.15) is 0 Å². The summed E-state index contributed by atoms with van der Waals surface area (Å²) in [5.74, 6) is 0.901. The number of hydrogen-bond acceptors (Lipinski definition) is 3. The molecule has 0 saturated carbocycles. The third kappa shape index (κ3) is 5.37. The lowest BCUT2D eigenvalue weighted by Crippen LogP contribution is -2.47. The quantitative estimate of drug-likeness (QED) is 0.298. The van der Waals surface area contributed by atoms with Gasteiger partial charge in [-0.25, -0.2) is 0 Å². The van der Waals surface area contributed by atoms with Gasteiger partial charge in [0, 0.05) is 26.8 Å². The van der Waals surface area contributed by atoms with Gasteiger partial charge in [0.15, 0.2) is 5.96 Å². The molecule has 0 spiro atoms. The van der Waals surface area contributed by atoms with E-state index in [1.165, 1.54) is 12.8 Å². The first-order valence-corrected chi connectivity index (χ1v) is 7.54. The van der Waals surface area contributed by atoms with Gasteiger partial charge in [0.05, 0.1) is 18.2 Å². The van der Waals surface area contributed by atoms with Crippen molar-refractivity contribution in [3.05, 3.63) is 0 Å². The fourth-order valence-electron chi connectivity index (χ4n) is 2.84. The number of hydrogen-bond donors (Lipinski definition) is 2. The predicted octanol–water partition coefficient (Wildman–Crippen LogP) is 1.91. The third-order valence-electron chi connectivity index (χ3n) is 3.86. The summed E-state index contributed by atoms with van der Waals surface area (Å²) in [6, 6.07) is 0.438. The van der Waals surface area contributed by atoms with E-state index in [4.69, 9.17) is 9.47 Å². The van der Waals surface area contributed by atoms with E-state index in [1.54, 1.807) is 0 Å². The molecule has 0 aliphatic carbocycles. The van der Waals surface area contributed by atoms with E-state index < -0.39 is 0 Å². The summed E-state index contributed by atoms with van der Waals surface area (Å²) in [6.07, 6.45) is 6.60. The Morgan fingerprint density at radius 3 is 2.80 bits per heavy atom. The summed E-state index contributed by atoms with van der Waals surface area (Å²) in [5.41, 5.74) is 0. The molecule has 6 heteroatoms. The number of nitrogens with zero attached hydrogens (tertiary/aromatic N) is 1. The van der Waals surface area contributed by atoms with Crippen LogP contribution in [0.15, 0.2) is 4.99 Å². The largest absolute Gasteiger partial charge is 0.382 e. The van der Waals surface area contributed by atoms with Crippen molar-refractivity contribution in [3.63, 3.8) is 0 Å². The Labute approximate surface area is 139 Å². The molecular formula is C14H28IN3O2. The number of guanidine groups is 1. The van der Waals surface area contributed by atoms with Crippen molar-refractivity contribution < 1.29 is 9.47 Å². The summed E-state index contributed by atoms with van der Waals surface area (Å²) in [6.45, 7) is 4.63. The van der Waals surface area contributed by atoms with Crippen molar-refractivity contribution in [1.29, 1.82) is 0 Å². The molecule has 2 rings (SSSR count). The van der Waals surface area contributed by atoms with Crippen LogP contribution < -0.4 is 10.6 Å². The summed E-state index contributed by atoms with van der Waals surface area (Å²) in [5, 5.41) is 6.84. The molecule has 2 heterocycles. The first kappa shape index (κ1) is 18.0. The topological polar surface area (TPSA) is 54.9 Å². The maximum atomic E-state index is 5.84. The van der Waals surface area contributed by atoms with Gasteiger partial charge >= 0.3 is 0 Å². The molecule has 0 aromatic heterocycles. The minimum absolute atomic E-state index is 0. The Hall–Kier alpha value is -0.0800. The van der Waals surface area contributed by atoms with Gasteiger partial charge in [-0.05, 0) is 39.0 Å². The van der Waals surface area contributed by atoms with E-state index in [-0.39, 0.29) is 24.0 Å². The van der Waals surface area contributed by atoms with Crippen LogP contribution in [0.3, 0.4) is 0 Å². The Kier molecular flexibility index (Phi) is 8.79. The second kappa shape index (κ2) is 9.78. The fourth-order valence-corrected chi connectivity index (χ4v) is 2.84. The number of fused-ring (bicyclic) bond motifs is 2. The van der Waals surface area contributed by atoms with E-state index in [0.29, 0.717) is 18.2 Å². The van der Waals surface area contributed by atoms with Crippen LogP contribution in [0.1, 0.15) is 39.0 Å². The van der Waals surface area contributed by atoms with Crippen molar-refractivity contribution in [1.82, 2.24) is 10.6 Å². The van der Waals surface area contributed by atoms with Crippen LogP contribution in [0, 0.1) is 0 Å². The van der Waals surface area contributed by atoms with E-state index in [0.717, 1.165) is 45.0 Å². The molecule has 2 fully saturated rings. The van der Waals surface area contributed by atoms with Crippen LogP contribution in [0.2, 0.25) is 0 Å². The number of unbranched alkanes of at least 4 members (excludes halogenated alkanes) is 1. The number of aliphatic imine (C=N–C) groups is 1. The molecule has 2 saturated heterocycles. The Bertz CT molecular complexity index is 302. The van der Waals surface area contributed by atoms with E-state index >= 15 is 0 Å². The smallest absolute Gasteiger partial charge is 0.191 e. The van der Waals surface area contributed by atoms with Crippen molar-refractivity contribution in [2.75, 3.05) is 26.8 Å². The molecule has 0 amide bonds. The maximum Gasteiger partial charge on any atom is 0.191 e. The van der Waals surface area contributed by atoms with Crippen LogP contribution in [0.25, 0.3) is 0 Å². The highest BCUT2D eigenvalue weighted by atomic mass is 127. The molecule has 3 atom stereocenters. The average Bonchev–Trinajstić information content (AvgIpc) is 3.03. The van der Waals surface area contributed by atoms with Gasteiger partial charge in [0.25, 0.3) is 0 Å². The Morgan fingerprint density at radius 2 is 2.20 bits per heavy atom. The molecule has 118 valence electrons. The first-order chi connectivity index (χ1) is 9.33. The molecule has 2 aliphatic heterocycles. The van der Waals surface area contributed by atoms with Crippen LogP contribution in [-0.4, -0.2) is 51.0 Å². The van der Waals surface area contributed by atoms with Crippen LogP contribution in [0.4, 0.5) is 0 Å². The first-order valence-electron chi connectivity index (χ1n) is 7.54. The second-order valence-corrected chi connectivity index (χ2v) is 5.26. The summed E-state index contributed by atoms with van der Waals surface area (Å²) in [4.78, 5) is 4.28. The van der Waals surface area contributed by atoms with Gasteiger partial charge in [-0.3, -0.25) is 4.99 Å². The molecule has 0 aromatic rings. The van der Waals surface area contributed by atoms with Crippen LogP contribution in [-0.2, 0) is 9.47 Å². The molecule has 0 aromatic carbocycles. The van der Waals surface area contributed by atoms with E-state index in [2.05, 4.69) is 15.6 Å². The van der Waals surface area contributed by atoms with E-state index in [1.807, 2.05) is 14.0 Å². The zero-order chi connectivity index (χ0) is 13.5. The molecule has 20 heavy (non-hydrogen) atoms. The van der Waals surface area contributed by atoms with Gasteiger partial charge in [-0.15, -0.1) is 24.0 Å². The lowest BCUT2D eigenvalue weighted by atomic mass is 9.96. The van der Waals surface area contributed by atoms with E-state index in [9.17, 15) is 0 Å². The normalized spacial score (nSPS) is 28.3. The zero-order valence-corrected chi connectivity index (χ0v) is 14.9. The summed E-state index contributed by atoms with van der Waals surface area (Å²) in [7, 11) is 1.82. The van der Waals surface area contributed by atoms with Crippen LogP contribution >= 0.6 is 24.0 Å². The highest BCUT2D eigenvalue weighted by molar-refractivity contribution is 14.0. The molecule has 0 radical (unpaired) electrons. The average molecular weight is 397 g/mol. The monoisotopic (exact) mass is 397 g/mol. The van der Waals surface area contributed by atoms with Gasteiger partial charge in [0.1, 0.15) is 0 Å². The Balaban J connectivity index is 0.00000200. The maximum absolute atomic E-state index is 5.84. The third-order valence-corrected chi connectivity index (χ3v) is 3.86. The number of ether oxygens (including phenoxy) is 2. The molecule has 5 nitrogen and oxygen atoms in total. The minimum Gasteiger partial charge on any atom is -0.382 e. The van der Waals surface area contributed by atoms with Crippen molar-refractivity contribution in [2.45, 2.75) is 57.3 Å². The summed E-state index contributed by atoms with van der Waals surface area (Å²) >= 11 is 0. The van der Waals surface area contributed by atoms with Crippen molar-refractivity contribution in [2.24, 2.45) is 4.99 Å². The SMILES string of the molecule is CCOCCCCNC(=NC)NC1CC2CCC1O2.I. The zero-order valence-electron chi connectivity index (χ0n) is 12.6. The van der Waals surface area contributed by atoms with Gasteiger partial charge in [0.2, 0.25) is 0 Å². The standard InChI is InChI=1S/C14H27N3O2.HI/c1-3-18-9-5-4-8-16-14(15-2)17-12-10-11-6-7-13(12)19-11;/h11-13H,3-10H2,1-2H3,(H2,15,16,17);1H. The van der Waals surface area contributed by atoms with Crippen LogP contribution in [0.5, 0.6) is 0 Å². The highest BCUT2D eigenvalue weighted by Crippen LogP contribution is 2.34. The summed E-state index contributed by atoms with van der Waals surface area (Å²) < 4.78 is 11.2. The number of nitrogens with one attached hydrogen (secondary N) is 2. The molecule has 3 unspecified atom stereocenters. The molecular weight excluding hydrogens is 369 g/mol. The highest BCUT2D eigenvalue weighted by Gasteiger charge is 2.40. The minimum atomic E-state index is 0. The molecule has 2 aliphatic rings. The molecule has 2 bridgehead atoms. The Morgan fingerprint density at radius 1 is 1.35 bits per heavy atom. The lowest BCUT2D eigenvalue weighted by molar-refractivity contribution is 0.0992. The van der Waals surface area contributed by atoms with Crippen molar-refractivity contribution >= 4 is 29.9 Å².